The van der Waals surface area contributed by atoms with E-state index in [1.54, 1.807) is 6.07 Å². The minimum Gasteiger partial charge on any atom is -0.481 e. The molecular formula is C23H25NO3. The Bertz CT molecular complexity index is 818. The largest absolute Gasteiger partial charge is 0.481 e. The molecule has 2 aromatic rings. The molecule has 2 aromatic carbocycles. The van der Waals surface area contributed by atoms with Crippen molar-refractivity contribution >= 4 is 11.8 Å². The van der Waals surface area contributed by atoms with E-state index in [4.69, 9.17) is 0 Å². The molecule has 140 valence electrons. The molecule has 4 nitrogen and oxygen atoms in total. The molecular weight excluding hydrogens is 338 g/mol. The van der Waals surface area contributed by atoms with Crippen LogP contribution >= 0.6 is 0 Å². The van der Waals surface area contributed by atoms with E-state index >= 15 is 0 Å². The van der Waals surface area contributed by atoms with Crippen molar-refractivity contribution in [2.45, 2.75) is 45.4 Å². The first-order chi connectivity index (χ1) is 13.1. The number of ketones is 1. The fraction of sp³-hybridized carbons (Fsp3) is 0.348. The van der Waals surface area contributed by atoms with Gasteiger partial charge in [-0.2, -0.15) is 5.26 Å². The zero-order chi connectivity index (χ0) is 19.6. The lowest BCUT2D eigenvalue weighted by molar-refractivity contribution is -0.146. The lowest BCUT2D eigenvalue weighted by Crippen LogP contribution is -2.26. The number of benzene rings is 2. The van der Waals surface area contributed by atoms with Crippen molar-refractivity contribution in [2.24, 2.45) is 5.92 Å². The topological polar surface area (TPSA) is 78.2 Å². The van der Waals surface area contributed by atoms with Crippen molar-refractivity contribution < 1.29 is 14.7 Å². The number of unbranched alkanes of at least 4 members (excludes halogenated alkanes) is 3. The summed E-state index contributed by atoms with van der Waals surface area (Å²) in [4.78, 5) is 23.9. The summed E-state index contributed by atoms with van der Waals surface area (Å²) in [6.45, 7) is 2.10. The van der Waals surface area contributed by atoms with Crippen molar-refractivity contribution in [1.29, 1.82) is 5.26 Å². The van der Waals surface area contributed by atoms with E-state index < -0.39 is 11.9 Å². The molecule has 0 bridgehead atoms. The van der Waals surface area contributed by atoms with Crippen LogP contribution in [0.3, 0.4) is 0 Å². The van der Waals surface area contributed by atoms with Crippen LogP contribution < -0.4 is 0 Å². The van der Waals surface area contributed by atoms with E-state index in [9.17, 15) is 20.0 Å². The number of rotatable bonds is 10. The number of carbonyl (C=O) groups excluding carboxylic acids is 1. The number of Topliss-reactive ketones (excluding diaryl/α,β-unsaturated/α-hetero) is 1. The van der Waals surface area contributed by atoms with E-state index in [-0.39, 0.29) is 12.2 Å². The second-order valence-electron chi connectivity index (χ2n) is 6.73. The summed E-state index contributed by atoms with van der Waals surface area (Å²) >= 11 is 0. The zero-order valence-electron chi connectivity index (χ0n) is 15.6. The third-order valence-corrected chi connectivity index (χ3v) is 4.72. The van der Waals surface area contributed by atoms with Crippen molar-refractivity contribution in [3.8, 4) is 17.2 Å². The third kappa shape index (κ3) is 5.79. The first kappa shape index (κ1) is 20.4. The van der Waals surface area contributed by atoms with E-state index in [0.29, 0.717) is 12.0 Å². The Morgan fingerprint density at radius 3 is 2.37 bits per heavy atom. The maximum Gasteiger partial charge on any atom is 0.314 e. The van der Waals surface area contributed by atoms with Crippen LogP contribution in [0.1, 0.15) is 50.2 Å². The molecule has 4 heteroatoms. The van der Waals surface area contributed by atoms with Gasteiger partial charge in [-0.05, 0) is 35.6 Å². The molecule has 0 aliphatic rings. The highest BCUT2D eigenvalue weighted by molar-refractivity contribution is 5.98. The molecule has 1 unspecified atom stereocenters. The maximum atomic E-state index is 12.3. The Labute approximate surface area is 160 Å². The van der Waals surface area contributed by atoms with Gasteiger partial charge in [0.15, 0.2) is 0 Å². The van der Waals surface area contributed by atoms with Gasteiger partial charge in [-0.15, -0.1) is 0 Å². The lowest BCUT2D eigenvalue weighted by Gasteiger charge is -2.12. The number of hydrogen-bond acceptors (Lipinski definition) is 3. The van der Waals surface area contributed by atoms with Gasteiger partial charge in [-0.3, -0.25) is 9.59 Å². The Morgan fingerprint density at radius 1 is 1.04 bits per heavy atom. The third-order valence-electron chi connectivity index (χ3n) is 4.72. The molecule has 0 aliphatic heterocycles. The monoisotopic (exact) mass is 363 g/mol. The quantitative estimate of drug-likeness (QED) is 0.475. The number of nitriles is 1. The highest BCUT2D eigenvalue weighted by Crippen LogP contribution is 2.24. The van der Waals surface area contributed by atoms with Gasteiger partial charge in [0.1, 0.15) is 11.7 Å². The summed E-state index contributed by atoms with van der Waals surface area (Å²) in [5, 5.41) is 18.7. The van der Waals surface area contributed by atoms with Crippen LogP contribution in [0.15, 0.2) is 48.5 Å². The fourth-order valence-corrected chi connectivity index (χ4v) is 3.13. The Morgan fingerprint density at radius 2 is 1.74 bits per heavy atom. The number of carboxylic acids is 1. The number of aliphatic carboxylic acids is 1. The molecule has 0 fully saturated rings. The molecule has 1 atom stereocenters. The van der Waals surface area contributed by atoms with Crippen molar-refractivity contribution in [1.82, 2.24) is 0 Å². The molecule has 0 radical (unpaired) electrons. The Kier molecular flexibility index (Phi) is 7.76. The van der Waals surface area contributed by atoms with Gasteiger partial charge in [-0.1, -0.05) is 68.7 Å². The van der Waals surface area contributed by atoms with E-state index in [0.717, 1.165) is 42.4 Å². The summed E-state index contributed by atoms with van der Waals surface area (Å²) in [5.74, 6) is -2.25. The van der Waals surface area contributed by atoms with Gasteiger partial charge in [0, 0.05) is 6.42 Å². The molecule has 0 amide bonds. The van der Waals surface area contributed by atoms with Crippen LogP contribution in [0.5, 0.6) is 0 Å². The van der Waals surface area contributed by atoms with Gasteiger partial charge in [0.2, 0.25) is 0 Å². The predicted molar refractivity (Wildman–Crippen MR) is 105 cm³/mol. The molecule has 0 saturated carbocycles. The van der Waals surface area contributed by atoms with Crippen LogP contribution in [-0.4, -0.2) is 16.9 Å². The molecule has 2 rings (SSSR count). The number of carbonyl (C=O) groups is 2. The molecule has 27 heavy (non-hydrogen) atoms. The summed E-state index contributed by atoms with van der Waals surface area (Å²) in [5.41, 5.74) is 3.14. The van der Waals surface area contributed by atoms with Gasteiger partial charge in [0.25, 0.3) is 0 Å². The first-order valence-corrected chi connectivity index (χ1v) is 9.40. The Balaban J connectivity index is 2.08. The fourth-order valence-electron chi connectivity index (χ4n) is 3.13. The highest BCUT2D eigenvalue weighted by Gasteiger charge is 2.25. The molecule has 0 saturated heterocycles. The van der Waals surface area contributed by atoms with Crippen LogP contribution in [0, 0.1) is 17.2 Å². The van der Waals surface area contributed by atoms with E-state index in [1.807, 2.05) is 42.5 Å². The second kappa shape index (κ2) is 10.3. The van der Waals surface area contributed by atoms with Gasteiger partial charge in [0.05, 0.1) is 11.6 Å². The van der Waals surface area contributed by atoms with Crippen molar-refractivity contribution in [3.05, 3.63) is 59.7 Å². The average molecular weight is 363 g/mol. The first-order valence-electron chi connectivity index (χ1n) is 9.40. The van der Waals surface area contributed by atoms with Crippen LogP contribution in [0.4, 0.5) is 0 Å². The van der Waals surface area contributed by atoms with Crippen molar-refractivity contribution in [2.75, 3.05) is 0 Å². The highest BCUT2D eigenvalue weighted by atomic mass is 16.4. The molecule has 1 N–H and O–H groups in total. The minimum absolute atomic E-state index is 0.197. The zero-order valence-corrected chi connectivity index (χ0v) is 15.6. The summed E-state index contributed by atoms with van der Waals surface area (Å²) in [7, 11) is 0. The summed E-state index contributed by atoms with van der Waals surface area (Å²) in [6.07, 6.45) is 4.38. The standard InChI is InChI=1S/C23H25NO3/c1-2-3-4-5-10-22(25)21(23(26)27)15-17-11-13-18(14-12-17)20-9-7-6-8-19(20)16-24/h6-9,11-14,21H,2-5,10,15H2,1H3,(H,26,27). The molecule has 0 heterocycles. The van der Waals surface area contributed by atoms with Gasteiger partial charge in [-0.25, -0.2) is 0 Å². The Hall–Kier alpha value is -2.93. The SMILES string of the molecule is CCCCCCC(=O)C(Cc1ccc(-c2ccccc2C#N)cc1)C(=O)O. The van der Waals surface area contributed by atoms with Gasteiger partial charge >= 0.3 is 5.97 Å². The molecule has 0 aromatic heterocycles. The smallest absolute Gasteiger partial charge is 0.314 e. The van der Waals surface area contributed by atoms with Crippen LogP contribution in [0.2, 0.25) is 0 Å². The molecule has 0 aliphatic carbocycles. The summed E-state index contributed by atoms with van der Waals surface area (Å²) < 4.78 is 0. The maximum absolute atomic E-state index is 12.3. The summed E-state index contributed by atoms with van der Waals surface area (Å²) in [6, 6.07) is 16.9. The normalized spacial score (nSPS) is 11.6. The van der Waals surface area contributed by atoms with Crippen molar-refractivity contribution in [3.63, 3.8) is 0 Å². The van der Waals surface area contributed by atoms with E-state index in [1.165, 1.54) is 0 Å². The van der Waals surface area contributed by atoms with Crippen LogP contribution in [0.25, 0.3) is 11.1 Å². The van der Waals surface area contributed by atoms with Gasteiger partial charge < -0.3 is 5.11 Å². The number of hydrogen-bond donors (Lipinski definition) is 1. The second-order valence-corrected chi connectivity index (χ2v) is 6.73. The van der Waals surface area contributed by atoms with E-state index in [2.05, 4.69) is 13.0 Å². The molecule has 0 spiro atoms. The minimum atomic E-state index is -1.06. The predicted octanol–water partition coefficient (Wildman–Crippen LogP) is 5.01. The average Bonchev–Trinajstić information content (AvgIpc) is 2.69. The lowest BCUT2D eigenvalue weighted by atomic mass is 9.91. The number of nitrogens with zero attached hydrogens (tertiary/aromatic N) is 1. The van der Waals surface area contributed by atoms with Crippen LogP contribution in [-0.2, 0) is 16.0 Å². The number of carboxylic acid groups (broad SMARTS) is 1.